The number of benzene rings is 2. The van der Waals surface area contributed by atoms with Gasteiger partial charge in [0.2, 0.25) is 0 Å². The lowest BCUT2D eigenvalue weighted by atomic mass is 10.0. The number of nitrogens with zero attached hydrogens (tertiary/aromatic N) is 5. The molecule has 37 heavy (non-hydrogen) atoms. The van der Waals surface area contributed by atoms with E-state index < -0.39 is 24.4 Å². The molecule has 0 amide bonds. The molecule has 4 aromatic rings. The summed E-state index contributed by atoms with van der Waals surface area (Å²) in [6.07, 6.45) is 4.30. The molecule has 0 aliphatic carbocycles. The number of hydrogen-bond acceptors (Lipinski definition) is 7. The van der Waals surface area contributed by atoms with Gasteiger partial charge in [-0.05, 0) is 43.2 Å². The third-order valence-electron chi connectivity index (χ3n) is 6.61. The molecule has 1 fully saturated rings. The molecule has 0 radical (unpaired) electrons. The van der Waals surface area contributed by atoms with E-state index in [1.807, 2.05) is 11.0 Å². The molecule has 0 spiro atoms. The molecular formula is C25H19F4N7O. The Labute approximate surface area is 208 Å². The summed E-state index contributed by atoms with van der Waals surface area (Å²) in [4.78, 5) is 6.75. The molecule has 1 saturated heterocycles. The zero-order chi connectivity index (χ0) is 25.7. The van der Waals surface area contributed by atoms with E-state index in [4.69, 9.17) is 4.98 Å². The van der Waals surface area contributed by atoms with Crippen molar-refractivity contribution in [3.05, 3.63) is 77.1 Å². The molecule has 2 aliphatic rings. The Morgan fingerprint density at radius 3 is 2.68 bits per heavy atom. The summed E-state index contributed by atoms with van der Waals surface area (Å²) in [7, 11) is 0. The lowest BCUT2D eigenvalue weighted by Crippen LogP contribution is -2.24. The normalized spacial score (nSPS) is 18.5. The van der Waals surface area contributed by atoms with Crippen LogP contribution < -0.4 is 20.3 Å². The number of nitriles is 1. The summed E-state index contributed by atoms with van der Waals surface area (Å²) in [6.45, 7) is -2.43. The summed E-state index contributed by atoms with van der Waals surface area (Å²) >= 11 is 0. The molecule has 8 nitrogen and oxygen atoms in total. The van der Waals surface area contributed by atoms with Gasteiger partial charge in [-0.25, -0.2) is 18.3 Å². The first kappa shape index (κ1) is 22.9. The minimum atomic E-state index is -3.06. The van der Waals surface area contributed by atoms with Crippen LogP contribution in [-0.4, -0.2) is 27.8 Å². The van der Waals surface area contributed by atoms with Gasteiger partial charge >= 0.3 is 6.61 Å². The maximum Gasteiger partial charge on any atom is 0.387 e. The van der Waals surface area contributed by atoms with Crippen molar-refractivity contribution in [3.63, 3.8) is 0 Å². The largest absolute Gasteiger partial charge is 0.433 e. The summed E-state index contributed by atoms with van der Waals surface area (Å²) in [5, 5.41) is 20.1. The monoisotopic (exact) mass is 509 g/mol. The van der Waals surface area contributed by atoms with Crippen molar-refractivity contribution in [2.24, 2.45) is 0 Å². The Bertz CT molecular complexity index is 1550. The van der Waals surface area contributed by atoms with Crippen LogP contribution in [0, 0.1) is 23.0 Å². The second kappa shape index (κ2) is 8.85. The van der Waals surface area contributed by atoms with Gasteiger partial charge in [0.25, 0.3) is 0 Å². The van der Waals surface area contributed by atoms with Crippen molar-refractivity contribution < 1.29 is 22.3 Å². The van der Waals surface area contributed by atoms with Crippen molar-refractivity contribution in [2.45, 2.75) is 31.7 Å². The van der Waals surface area contributed by atoms with E-state index in [1.165, 1.54) is 18.2 Å². The average molecular weight is 509 g/mol. The molecule has 2 aromatic carbocycles. The lowest BCUT2D eigenvalue weighted by Gasteiger charge is -2.26. The van der Waals surface area contributed by atoms with E-state index in [2.05, 4.69) is 20.5 Å². The molecule has 6 rings (SSSR count). The Morgan fingerprint density at radius 1 is 1.08 bits per heavy atom. The summed E-state index contributed by atoms with van der Waals surface area (Å²) in [5.74, 6) is -0.593. The number of rotatable bonds is 5. The average Bonchev–Trinajstić information content (AvgIpc) is 3.61. The highest BCUT2D eigenvalue weighted by atomic mass is 19.3. The van der Waals surface area contributed by atoms with E-state index in [0.29, 0.717) is 41.4 Å². The predicted octanol–water partition coefficient (Wildman–Crippen LogP) is 5.36. The third kappa shape index (κ3) is 4.02. The maximum absolute atomic E-state index is 14.5. The quantitative estimate of drug-likeness (QED) is 0.350. The van der Waals surface area contributed by atoms with Crippen LogP contribution >= 0.6 is 0 Å². The van der Waals surface area contributed by atoms with Crippen molar-refractivity contribution in [1.29, 1.82) is 5.26 Å². The summed E-state index contributed by atoms with van der Waals surface area (Å²) < 4.78 is 60.1. The summed E-state index contributed by atoms with van der Waals surface area (Å²) in [5.41, 5.74) is 2.47. The Hall–Kier alpha value is -4.53. The van der Waals surface area contributed by atoms with E-state index in [0.717, 1.165) is 18.6 Å². The molecule has 2 aromatic heterocycles. The molecule has 2 unspecified atom stereocenters. The van der Waals surface area contributed by atoms with Gasteiger partial charge in [0.1, 0.15) is 35.4 Å². The number of ether oxygens (including phenoxy) is 1. The Kier molecular flexibility index (Phi) is 5.48. The second-order valence-electron chi connectivity index (χ2n) is 8.78. The minimum Gasteiger partial charge on any atom is -0.433 e. The van der Waals surface area contributed by atoms with Gasteiger partial charge in [0.15, 0.2) is 5.65 Å². The van der Waals surface area contributed by atoms with Gasteiger partial charge < -0.3 is 20.3 Å². The zero-order valence-corrected chi connectivity index (χ0v) is 19.1. The number of alkyl halides is 2. The van der Waals surface area contributed by atoms with Gasteiger partial charge in [-0.2, -0.15) is 19.1 Å². The first-order valence-corrected chi connectivity index (χ1v) is 11.5. The van der Waals surface area contributed by atoms with Crippen LogP contribution in [0.4, 0.5) is 34.8 Å². The van der Waals surface area contributed by atoms with Gasteiger partial charge in [-0.15, -0.1) is 0 Å². The van der Waals surface area contributed by atoms with Crippen molar-refractivity contribution in [2.75, 3.05) is 22.1 Å². The Balaban J connectivity index is 1.32. The SMILES string of the molecule is N#Cc1cc2c(cc1OC(F)F)NC(c1cnn3ccc(N4CCCC4c4cc(F)ccc4F)nc13)N2. The van der Waals surface area contributed by atoms with Gasteiger partial charge in [0.05, 0.1) is 34.7 Å². The van der Waals surface area contributed by atoms with Crippen LogP contribution in [0.5, 0.6) is 5.75 Å². The van der Waals surface area contributed by atoms with Gasteiger partial charge in [0, 0.05) is 24.4 Å². The fourth-order valence-electron chi connectivity index (χ4n) is 4.98. The topological polar surface area (TPSA) is 90.5 Å². The fraction of sp³-hybridized carbons (Fsp3) is 0.240. The number of fused-ring (bicyclic) bond motifs is 2. The molecular weight excluding hydrogens is 490 g/mol. The minimum absolute atomic E-state index is 0.0288. The number of halogens is 4. The number of hydrogen-bond donors (Lipinski definition) is 2. The highest BCUT2D eigenvalue weighted by Crippen LogP contribution is 2.41. The molecule has 12 heteroatoms. The Morgan fingerprint density at radius 2 is 1.89 bits per heavy atom. The van der Waals surface area contributed by atoms with Gasteiger partial charge in [-0.3, -0.25) is 0 Å². The third-order valence-corrected chi connectivity index (χ3v) is 6.61. The molecule has 2 atom stereocenters. The van der Waals surface area contributed by atoms with E-state index >= 15 is 0 Å². The first-order chi connectivity index (χ1) is 17.9. The lowest BCUT2D eigenvalue weighted by molar-refractivity contribution is -0.0499. The van der Waals surface area contributed by atoms with Crippen molar-refractivity contribution in [3.8, 4) is 11.8 Å². The number of anilines is 3. The van der Waals surface area contributed by atoms with Crippen LogP contribution in [0.2, 0.25) is 0 Å². The van der Waals surface area contributed by atoms with Gasteiger partial charge in [-0.1, -0.05) is 0 Å². The van der Waals surface area contributed by atoms with E-state index in [-0.39, 0.29) is 22.9 Å². The molecule has 0 saturated carbocycles. The van der Waals surface area contributed by atoms with Crippen molar-refractivity contribution in [1.82, 2.24) is 14.6 Å². The predicted molar refractivity (Wildman–Crippen MR) is 126 cm³/mol. The molecule has 2 N–H and O–H groups in total. The van der Waals surface area contributed by atoms with Crippen LogP contribution in [0.1, 0.15) is 41.7 Å². The smallest absolute Gasteiger partial charge is 0.387 e. The fourth-order valence-corrected chi connectivity index (χ4v) is 4.98. The summed E-state index contributed by atoms with van der Waals surface area (Å²) in [6, 6.07) is 9.53. The number of aromatic nitrogens is 3. The molecule has 4 heterocycles. The molecule has 188 valence electrons. The highest BCUT2D eigenvalue weighted by Gasteiger charge is 2.31. The van der Waals surface area contributed by atoms with Crippen LogP contribution in [0.3, 0.4) is 0 Å². The zero-order valence-electron chi connectivity index (χ0n) is 19.1. The molecule has 0 bridgehead atoms. The van der Waals surface area contributed by atoms with Crippen LogP contribution in [0.25, 0.3) is 5.65 Å². The first-order valence-electron chi connectivity index (χ1n) is 11.5. The van der Waals surface area contributed by atoms with Crippen LogP contribution in [0.15, 0.2) is 48.8 Å². The standard InChI is InChI=1S/C25H19F4N7O/c26-14-3-4-17(27)15(9-14)20-2-1-6-35(20)22-5-7-36-24(34-22)16(12-31-36)23-32-18-8-13(11-30)21(37-25(28)29)10-19(18)33-23/h3-5,7-10,12,20,23,25,32-33H,1-2,6H2. The number of nitrogens with one attached hydrogen (secondary N) is 2. The maximum atomic E-state index is 14.5. The highest BCUT2D eigenvalue weighted by molar-refractivity contribution is 5.80. The van der Waals surface area contributed by atoms with Crippen molar-refractivity contribution >= 4 is 22.8 Å². The second-order valence-corrected chi connectivity index (χ2v) is 8.78. The van der Waals surface area contributed by atoms with E-state index in [9.17, 15) is 22.8 Å². The van der Waals surface area contributed by atoms with Crippen LogP contribution in [-0.2, 0) is 0 Å². The van der Waals surface area contributed by atoms with E-state index in [1.54, 1.807) is 23.0 Å². The molecule has 2 aliphatic heterocycles.